The lowest BCUT2D eigenvalue weighted by molar-refractivity contribution is 0.553. The van der Waals surface area contributed by atoms with Crippen molar-refractivity contribution in [3.05, 3.63) is 75.3 Å². The minimum atomic E-state index is -0.281. The van der Waals surface area contributed by atoms with E-state index >= 15 is 0 Å². The highest BCUT2D eigenvalue weighted by Gasteiger charge is 2.16. The quantitative estimate of drug-likeness (QED) is 0.499. The molecule has 4 aromatic rings. The molecule has 4 heterocycles. The molecule has 0 spiro atoms. The molecule has 0 aliphatic carbocycles. The van der Waals surface area contributed by atoms with Crippen LogP contribution in [0, 0.1) is 19.7 Å². The van der Waals surface area contributed by atoms with Gasteiger partial charge in [0.2, 0.25) is 0 Å². The van der Waals surface area contributed by atoms with Crippen molar-refractivity contribution in [3.63, 3.8) is 0 Å². The number of rotatable bonds is 6. The van der Waals surface area contributed by atoms with Crippen molar-refractivity contribution in [2.75, 3.05) is 0 Å². The largest absolute Gasteiger partial charge is 0.266 e. The molecule has 28 heavy (non-hydrogen) atoms. The molecule has 0 amide bonds. The molecule has 9 heteroatoms. The van der Waals surface area contributed by atoms with Gasteiger partial charge in [-0.05, 0) is 44.5 Å². The predicted octanol–water partition coefficient (Wildman–Crippen LogP) is 3.33. The first-order valence-corrected chi connectivity index (χ1v) is 9.77. The monoisotopic (exact) mass is 397 g/mol. The van der Waals surface area contributed by atoms with Gasteiger partial charge in [0.1, 0.15) is 21.9 Å². The Kier molecular flexibility index (Phi) is 4.99. The van der Waals surface area contributed by atoms with Crippen LogP contribution < -0.4 is 0 Å². The summed E-state index contributed by atoms with van der Waals surface area (Å²) in [6.45, 7) is 6.04. The second kappa shape index (κ2) is 7.59. The number of aromatic nitrogens is 7. The maximum Gasteiger partial charge on any atom is 0.149 e. The second-order valence-electron chi connectivity index (χ2n) is 6.72. The summed E-state index contributed by atoms with van der Waals surface area (Å²) in [5, 5.41) is 19.3. The van der Waals surface area contributed by atoms with Crippen LogP contribution in [0.15, 0.2) is 36.8 Å². The predicted molar refractivity (Wildman–Crippen MR) is 104 cm³/mol. The van der Waals surface area contributed by atoms with Crippen LogP contribution in [0.3, 0.4) is 0 Å². The van der Waals surface area contributed by atoms with E-state index in [1.807, 2.05) is 36.1 Å². The Morgan fingerprint density at radius 2 is 1.96 bits per heavy atom. The summed E-state index contributed by atoms with van der Waals surface area (Å²) in [6.07, 6.45) is 5.97. The van der Waals surface area contributed by atoms with Crippen molar-refractivity contribution in [2.45, 2.75) is 39.8 Å². The topological polar surface area (TPSA) is 74.3 Å². The van der Waals surface area contributed by atoms with E-state index in [0.717, 1.165) is 21.4 Å². The summed E-state index contributed by atoms with van der Waals surface area (Å²) in [7, 11) is 0. The minimum Gasteiger partial charge on any atom is -0.266 e. The number of hydrogen-bond donors (Lipinski definition) is 0. The van der Waals surface area contributed by atoms with Gasteiger partial charge in [0.15, 0.2) is 0 Å². The van der Waals surface area contributed by atoms with Gasteiger partial charge in [-0.1, -0.05) is 11.3 Å². The lowest BCUT2D eigenvalue weighted by Crippen LogP contribution is -2.07. The first-order chi connectivity index (χ1) is 13.5. The Bertz CT molecular complexity index is 1100. The highest BCUT2D eigenvalue weighted by Crippen LogP contribution is 2.22. The van der Waals surface area contributed by atoms with Gasteiger partial charge < -0.3 is 0 Å². The second-order valence-corrected chi connectivity index (χ2v) is 7.81. The lowest BCUT2D eigenvalue weighted by atomic mass is 10.2. The summed E-state index contributed by atoms with van der Waals surface area (Å²) in [5.74, 6) is -0.281. The summed E-state index contributed by atoms with van der Waals surface area (Å²) < 4.78 is 17.7. The average Bonchev–Trinajstić information content (AvgIpc) is 3.41. The molecular formula is C19H20FN7S. The number of halogens is 1. The normalized spacial score (nSPS) is 12.4. The van der Waals surface area contributed by atoms with Gasteiger partial charge >= 0.3 is 0 Å². The third kappa shape index (κ3) is 3.84. The van der Waals surface area contributed by atoms with Crippen LogP contribution in [0.4, 0.5) is 4.39 Å². The molecule has 0 aromatic carbocycles. The number of aryl methyl sites for hydroxylation is 2. The minimum absolute atomic E-state index is 0.0351. The molecule has 4 aromatic heterocycles. The van der Waals surface area contributed by atoms with Gasteiger partial charge in [-0.3, -0.25) is 14.3 Å². The molecule has 7 nitrogen and oxygen atoms in total. The smallest absolute Gasteiger partial charge is 0.149 e. The van der Waals surface area contributed by atoms with E-state index in [-0.39, 0.29) is 11.9 Å². The molecule has 0 aliphatic heterocycles. The van der Waals surface area contributed by atoms with E-state index in [2.05, 4.69) is 32.3 Å². The summed E-state index contributed by atoms with van der Waals surface area (Å²) in [4.78, 5) is 4.12. The molecule has 4 rings (SSSR count). The van der Waals surface area contributed by atoms with E-state index in [1.54, 1.807) is 35.2 Å². The standard InChI is InChI=1S/C19H20FN7S/c1-12-4-7-21-16(18(12)20)11-26-8-6-15(25-26)10-17-22-23-19(28-17)14(3)27-9-5-13(2)24-27/h4-9,14H,10-11H2,1-3H3. The molecular weight excluding hydrogens is 377 g/mol. The van der Waals surface area contributed by atoms with Crippen molar-refractivity contribution in [1.82, 2.24) is 34.7 Å². The molecule has 0 bridgehead atoms. The van der Waals surface area contributed by atoms with Gasteiger partial charge in [-0.25, -0.2) is 4.39 Å². The van der Waals surface area contributed by atoms with Crippen LogP contribution in [0.25, 0.3) is 0 Å². The Balaban J connectivity index is 1.44. The Labute approximate surface area is 165 Å². The van der Waals surface area contributed by atoms with Crippen molar-refractivity contribution in [1.29, 1.82) is 0 Å². The number of nitrogens with zero attached hydrogens (tertiary/aromatic N) is 7. The fourth-order valence-corrected chi connectivity index (χ4v) is 3.77. The SMILES string of the molecule is Cc1ccn(C(C)c2nnc(Cc3ccn(Cc4nccc(C)c4F)n3)s2)n1. The van der Waals surface area contributed by atoms with Gasteiger partial charge in [0.05, 0.1) is 23.6 Å². The van der Waals surface area contributed by atoms with Crippen LogP contribution in [-0.2, 0) is 13.0 Å². The molecule has 1 unspecified atom stereocenters. The first kappa shape index (κ1) is 18.4. The van der Waals surface area contributed by atoms with Gasteiger partial charge in [0.25, 0.3) is 0 Å². The zero-order valence-corrected chi connectivity index (χ0v) is 16.7. The van der Waals surface area contributed by atoms with Crippen molar-refractivity contribution >= 4 is 11.3 Å². The first-order valence-electron chi connectivity index (χ1n) is 8.96. The van der Waals surface area contributed by atoms with E-state index in [1.165, 1.54) is 0 Å². The van der Waals surface area contributed by atoms with E-state index in [4.69, 9.17) is 0 Å². The zero-order chi connectivity index (χ0) is 19.7. The van der Waals surface area contributed by atoms with Crippen LogP contribution in [0.1, 0.15) is 45.6 Å². The van der Waals surface area contributed by atoms with Gasteiger partial charge in [-0.2, -0.15) is 10.2 Å². The molecule has 0 fully saturated rings. The number of pyridine rings is 1. The lowest BCUT2D eigenvalue weighted by Gasteiger charge is -2.07. The summed E-state index contributed by atoms with van der Waals surface area (Å²) in [5.41, 5.74) is 2.80. The molecule has 1 atom stereocenters. The molecule has 144 valence electrons. The zero-order valence-electron chi connectivity index (χ0n) is 15.9. The Morgan fingerprint density at radius 3 is 2.75 bits per heavy atom. The van der Waals surface area contributed by atoms with Crippen LogP contribution in [0.2, 0.25) is 0 Å². The third-order valence-electron chi connectivity index (χ3n) is 4.47. The highest BCUT2D eigenvalue weighted by atomic mass is 32.1. The van der Waals surface area contributed by atoms with E-state index < -0.39 is 0 Å². The Hall–Kier alpha value is -2.94. The fraction of sp³-hybridized carbons (Fsp3) is 0.316. The molecule has 0 N–H and O–H groups in total. The van der Waals surface area contributed by atoms with Crippen LogP contribution in [-0.4, -0.2) is 34.7 Å². The highest BCUT2D eigenvalue weighted by molar-refractivity contribution is 7.11. The van der Waals surface area contributed by atoms with Gasteiger partial charge in [-0.15, -0.1) is 10.2 Å². The fourth-order valence-electron chi connectivity index (χ4n) is 2.87. The van der Waals surface area contributed by atoms with Crippen molar-refractivity contribution < 1.29 is 4.39 Å². The van der Waals surface area contributed by atoms with Gasteiger partial charge in [0, 0.05) is 25.0 Å². The Morgan fingerprint density at radius 1 is 1.11 bits per heavy atom. The maximum absolute atomic E-state index is 14.1. The average molecular weight is 397 g/mol. The molecule has 0 aliphatic rings. The van der Waals surface area contributed by atoms with E-state index in [0.29, 0.717) is 24.2 Å². The number of hydrogen-bond acceptors (Lipinski definition) is 6. The molecule has 0 radical (unpaired) electrons. The van der Waals surface area contributed by atoms with Crippen molar-refractivity contribution in [3.8, 4) is 0 Å². The maximum atomic E-state index is 14.1. The summed E-state index contributed by atoms with van der Waals surface area (Å²) >= 11 is 1.55. The summed E-state index contributed by atoms with van der Waals surface area (Å²) in [6, 6.07) is 5.57. The molecule has 0 saturated carbocycles. The van der Waals surface area contributed by atoms with Crippen molar-refractivity contribution in [2.24, 2.45) is 0 Å². The van der Waals surface area contributed by atoms with E-state index in [9.17, 15) is 4.39 Å². The van der Waals surface area contributed by atoms with Crippen LogP contribution in [0.5, 0.6) is 0 Å². The third-order valence-corrected chi connectivity index (χ3v) is 5.57. The molecule has 0 saturated heterocycles. The van der Waals surface area contributed by atoms with Crippen LogP contribution >= 0.6 is 11.3 Å².